The first-order valence-electron chi connectivity index (χ1n) is 9.06. The lowest BCUT2D eigenvalue weighted by Gasteiger charge is -2.14. The van der Waals surface area contributed by atoms with E-state index in [4.69, 9.17) is 4.74 Å². The number of nitriles is 1. The van der Waals surface area contributed by atoms with Crippen molar-refractivity contribution >= 4 is 21.6 Å². The number of nitrogens with one attached hydrogen (secondary N) is 2. The molecule has 0 saturated carbocycles. The van der Waals surface area contributed by atoms with Gasteiger partial charge < -0.3 is 10.1 Å². The number of ether oxygens (including phenoxy) is 1. The van der Waals surface area contributed by atoms with Crippen molar-refractivity contribution in [1.82, 2.24) is 5.32 Å². The summed E-state index contributed by atoms with van der Waals surface area (Å²) in [7, 11) is -2.48. The monoisotopic (exact) mass is 439 g/mol. The van der Waals surface area contributed by atoms with Crippen molar-refractivity contribution in [2.45, 2.75) is 10.9 Å². The minimum Gasteiger partial charge on any atom is -0.497 e. The maximum Gasteiger partial charge on any atom is 0.261 e. The second-order valence-corrected chi connectivity index (χ2v) is 8.10. The second kappa shape index (κ2) is 9.28. The van der Waals surface area contributed by atoms with E-state index in [1.807, 2.05) is 6.07 Å². The predicted molar refractivity (Wildman–Crippen MR) is 112 cm³/mol. The summed E-state index contributed by atoms with van der Waals surface area (Å²) in [5, 5.41) is 11.8. The Hall–Kier alpha value is -3.90. The molecule has 1 unspecified atom stereocenters. The van der Waals surface area contributed by atoms with Crippen molar-refractivity contribution < 1.29 is 22.3 Å². The Morgan fingerprint density at radius 2 is 1.77 bits per heavy atom. The summed E-state index contributed by atoms with van der Waals surface area (Å²) in [4.78, 5) is 12.4. The number of halogens is 1. The molecule has 0 aliphatic heterocycles. The molecule has 3 aromatic rings. The van der Waals surface area contributed by atoms with E-state index in [9.17, 15) is 22.9 Å². The Balaban J connectivity index is 1.80. The third-order valence-electron chi connectivity index (χ3n) is 4.37. The normalized spacial score (nSPS) is 11.8. The number of sulfonamides is 1. The molecule has 31 heavy (non-hydrogen) atoms. The van der Waals surface area contributed by atoms with Gasteiger partial charge in [0.2, 0.25) is 0 Å². The van der Waals surface area contributed by atoms with Gasteiger partial charge in [0.1, 0.15) is 17.6 Å². The Morgan fingerprint density at radius 3 is 2.42 bits per heavy atom. The second-order valence-electron chi connectivity index (χ2n) is 6.42. The van der Waals surface area contributed by atoms with Gasteiger partial charge in [0.25, 0.3) is 15.9 Å². The predicted octanol–water partition coefficient (Wildman–Crippen LogP) is 3.63. The van der Waals surface area contributed by atoms with E-state index in [1.54, 1.807) is 30.3 Å². The van der Waals surface area contributed by atoms with E-state index in [0.29, 0.717) is 11.4 Å². The zero-order chi connectivity index (χ0) is 22.4. The largest absolute Gasteiger partial charge is 0.497 e. The lowest BCUT2D eigenvalue weighted by molar-refractivity contribution is 0.0944. The molecule has 3 rings (SSSR count). The van der Waals surface area contributed by atoms with Gasteiger partial charge >= 0.3 is 0 Å². The van der Waals surface area contributed by atoms with Crippen LogP contribution in [0.25, 0.3) is 0 Å². The molecule has 0 aromatic heterocycles. The maximum atomic E-state index is 14.0. The van der Waals surface area contributed by atoms with Crippen molar-refractivity contribution in [2.24, 2.45) is 0 Å². The van der Waals surface area contributed by atoms with Crippen molar-refractivity contribution in [3.05, 3.63) is 89.7 Å². The number of hydrogen-bond acceptors (Lipinski definition) is 5. The molecule has 0 heterocycles. The summed E-state index contributed by atoms with van der Waals surface area (Å²) in [5.41, 5.74) is 0.345. The van der Waals surface area contributed by atoms with Gasteiger partial charge in [-0.25, -0.2) is 12.8 Å². The number of nitrogens with zero attached hydrogens (tertiary/aromatic N) is 1. The Labute approximate surface area is 179 Å². The number of anilines is 1. The van der Waals surface area contributed by atoms with Gasteiger partial charge in [0.05, 0.1) is 18.1 Å². The first-order valence-corrected chi connectivity index (χ1v) is 10.5. The zero-order valence-corrected chi connectivity index (χ0v) is 17.2. The standard InChI is InChI=1S/C22H18FN3O4S/c1-30-17-11-9-16(10-12-17)26-31(28,29)18-6-4-5-15(13-18)22(27)25-21(14-24)19-7-2-3-8-20(19)23/h2-13,21,26H,1H3,(H,25,27). The summed E-state index contributed by atoms with van der Waals surface area (Å²) >= 11 is 0. The van der Waals surface area contributed by atoms with Crippen LogP contribution in [0.2, 0.25) is 0 Å². The number of carbonyl (C=O) groups excluding carboxylic acids is 1. The molecule has 3 aromatic carbocycles. The van der Waals surface area contributed by atoms with Gasteiger partial charge in [-0.2, -0.15) is 5.26 Å². The molecule has 0 aliphatic rings. The van der Waals surface area contributed by atoms with Gasteiger partial charge in [0, 0.05) is 16.8 Å². The van der Waals surface area contributed by atoms with Crippen LogP contribution in [0.3, 0.4) is 0 Å². The molecular weight excluding hydrogens is 421 g/mol. The summed E-state index contributed by atoms with van der Waals surface area (Å²) in [6.45, 7) is 0. The Kier molecular flexibility index (Phi) is 6.52. The smallest absolute Gasteiger partial charge is 0.261 e. The molecule has 158 valence electrons. The van der Waals surface area contributed by atoms with Crippen LogP contribution in [-0.4, -0.2) is 21.4 Å². The fourth-order valence-electron chi connectivity index (χ4n) is 2.78. The average Bonchev–Trinajstić information content (AvgIpc) is 2.78. The van der Waals surface area contributed by atoms with Crippen molar-refractivity contribution in [2.75, 3.05) is 11.8 Å². The molecule has 2 N–H and O–H groups in total. The highest BCUT2D eigenvalue weighted by Crippen LogP contribution is 2.21. The molecule has 0 saturated heterocycles. The van der Waals surface area contributed by atoms with Crippen LogP contribution in [-0.2, 0) is 10.0 Å². The van der Waals surface area contributed by atoms with E-state index >= 15 is 0 Å². The van der Waals surface area contributed by atoms with Gasteiger partial charge in [-0.1, -0.05) is 24.3 Å². The van der Waals surface area contributed by atoms with Crippen molar-refractivity contribution in [3.8, 4) is 11.8 Å². The van der Waals surface area contributed by atoms with Crippen LogP contribution < -0.4 is 14.8 Å². The van der Waals surface area contributed by atoms with E-state index in [-0.39, 0.29) is 16.0 Å². The van der Waals surface area contributed by atoms with E-state index < -0.39 is 27.8 Å². The third kappa shape index (κ3) is 5.18. The quantitative estimate of drug-likeness (QED) is 0.584. The van der Waals surface area contributed by atoms with Crippen LogP contribution in [0, 0.1) is 17.1 Å². The summed E-state index contributed by atoms with van der Waals surface area (Å²) in [6.07, 6.45) is 0. The molecule has 0 radical (unpaired) electrons. The molecule has 0 aliphatic carbocycles. The number of amides is 1. The van der Waals surface area contributed by atoms with Crippen LogP contribution in [0.1, 0.15) is 22.0 Å². The molecule has 7 nitrogen and oxygen atoms in total. The molecular formula is C22H18FN3O4S. The highest BCUT2D eigenvalue weighted by molar-refractivity contribution is 7.92. The zero-order valence-electron chi connectivity index (χ0n) is 16.4. The molecule has 0 fully saturated rings. The topological polar surface area (TPSA) is 108 Å². The SMILES string of the molecule is COc1ccc(NS(=O)(=O)c2cccc(C(=O)NC(C#N)c3ccccc3F)c2)cc1. The maximum absolute atomic E-state index is 14.0. The number of hydrogen-bond donors (Lipinski definition) is 2. The molecule has 1 amide bonds. The molecule has 0 spiro atoms. The minimum absolute atomic E-state index is 0.00851. The highest BCUT2D eigenvalue weighted by Gasteiger charge is 2.20. The fraction of sp³-hybridized carbons (Fsp3) is 0.0909. The summed E-state index contributed by atoms with van der Waals surface area (Å²) < 4.78 is 46.8. The average molecular weight is 439 g/mol. The van der Waals surface area contributed by atoms with Gasteiger partial charge in [-0.15, -0.1) is 0 Å². The summed E-state index contributed by atoms with van der Waals surface area (Å²) in [5.74, 6) is -0.769. The van der Waals surface area contributed by atoms with Crippen LogP contribution in [0.4, 0.5) is 10.1 Å². The number of benzene rings is 3. The molecule has 0 bridgehead atoms. The van der Waals surface area contributed by atoms with Gasteiger partial charge in [-0.05, 0) is 48.5 Å². The van der Waals surface area contributed by atoms with Crippen LogP contribution in [0.5, 0.6) is 5.75 Å². The number of rotatable bonds is 7. The third-order valence-corrected chi connectivity index (χ3v) is 5.75. The lowest BCUT2D eigenvalue weighted by Crippen LogP contribution is -2.28. The molecule has 1 atom stereocenters. The first kappa shape index (κ1) is 21.8. The van der Waals surface area contributed by atoms with Crippen molar-refractivity contribution in [1.29, 1.82) is 5.26 Å². The number of methoxy groups -OCH3 is 1. The molecule has 9 heteroatoms. The lowest BCUT2D eigenvalue weighted by atomic mass is 10.1. The van der Waals surface area contributed by atoms with E-state index in [2.05, 4.69) is 10.0 Å². The van der Waals surface area contributed by atoms with Crippen molar-refractivity contribution in [3.63, 3.8) is 0 Å². The Bertz CT molecular complexity index is 1240. The Morgan fingerprint density at radius 1 is 1.06 bits per heavy atom. The van der Waals surface area contributed by atoms with Crippen LogP contribution >= 0.6 is 0 Å². The first-order chi connectivity index (χ1) is 14.8. The van der Waals surface area contributed by atoms with Gasteiger partial charge in [-0.3, -0.25) is 9.52 Å². The van der Waals surface area contributed by atoms with E-state index in [0.717, 1.165) is 0 Å². The highest BCUT2D eigenvalue weighted by atomic mass is 32.2. The fourth-order valence-corrected chi connectivity index (χ4v) is 3.88. The van der Waals surface area contributed by atoms with Crippen LogP contribution in [0.15, 0.2) is 77.7 Å². The van der Waals surface area contributed by atoms with E-state index in [1.165, 1.54) is 49.6 Å². The number of carbonyl (C=O) groups is 1. The minimum atomic E-state index is -3.98. The summed E-state index contributed by atoms with van der Waals surface area (Å²) in [6, 6.07) is 17.8. The van der Waals surface area contributed by atoms with Gasteiger partial charge in [0.15, 0.2) is 0 Å².